The lowest BCUT2D eigenvalue weighted by molar-refractivity contribution is -0.240. The Bertz CT molecular complexity index is 175. The molecule has 0 aliphatic carbocycles. The van der Waals surface area contributed by atoms with Gasteiger partial charge in [-0.2, -0.15) is 13.2 Å². The maximum atomic E-state index is 12.5. The number of ether oxygens (including phenoxy) is 2. The molecule has 15 heavy (non-hydrogen) atoms. The van der Waals surface area contributed by atoms with Gasteiger partial charge in [0.15, 0.2) is 6.10 Å². The molecule has 0 amide bonds. The highest BCUT2D eigenvalue weighted by Crippen LogP contribution is 2.26. The lowest BCUT2D eigenvalue weighted by Crippen LogP contribution is -2.48. The summed E-state index contributed by atoms with van der Waals surface area (Å²) in [5, 5.41) is 0. The van der Waals surface area contributed by atoms with E-state index >= 15 is 0 Å². The molecule has 0 aromatic heterocycles. The second-order valence-corrected chi connectivity index (χ2v) is 3.44. The summed E-state index contributed by atoms with van der Waals surface area (Å²) >= 11 is 0. The highest BCUT2D eigenvalue weighted by atomic mass is 19.4. The van der Waals surface area contributed by atoms with Crippen molar-refractivity contribution in [2.24, 2.45) is 5.73 Å². The zero-order valence-electron chi connectivity index (χ0n) is 9.17. The fraction of sp³-hybridized carbons (Fsp3) is 1.00. The van der Waals surface area contributed by atoms with Crippen molar-refractivity contribution in [2.45, 2.75) is 44.7 Å². The van der Waals surface area contributed by atoms with E-state index in [-0.39, 0.29) is 13.0 Å². The molecule has 3 atom stereocenters. The van der Waals surface area contributed by atoms with Crippen molar-refractivity contribution < 1.29 is 22.6 Å². The van der Waals surface area contributed by atoms with Gasteiger partial charge < -0.3 is 15.2 Å². The van der Waals surface area contributed by atoms with Crippen molar-refractivity contribution in [2.75, 3.05) is 13.7 Å². The van der Waals surface area contributed by atoms with E-state index in [1.54, 1.807) is 6.92 Å². The summed E-state index contributed by atoms with van der Waals surface area (Å²) in [5.74, 6) is 0. The molecule has 6 heteroatoms. The molecule has 0 aliphatic heterocycles. The molecule has 0 aromatic rings. The molecule has 0 radical (unpaired) electrons. The maximum Gasteiger partial charge on any atom is 0.416 e. The number of alkyl halides is 3. The molecular formula is C9H18F3NO2. The Hall–Kier alpha value is -0.330. The molecule has 0 heterocycles. The number of hydrogen-bond donors (Lipinski definition) is 1. The van der Waals surface area contributed by atoms with Crippen LogP contribution in [0, 0.1) is 0 Å². The number of hydrogen-bond acceptors (Lipinski definition) is 3. The van der Waals surface area contributed by atoms with Gasteiger partial charge in [0.25, 0.3) is 0 Å². The average Bonchev–Trinajstić information content (AvgIpc) is 2.12. The van der Waals surface area contributed by atoms with Crippen molar-refractivity contribution in [3.05, 3.63) is 0 Å². The normalized spacial score (nSPS) is 18.6. The second-order valence-electron chi connectivity index (χ2n) is 3.44. The van der Waals surface area contributed by atoms with Crippen LogP contribution in [0.4, 0.5) is 13.2 Å². The quantitative estimate of drug-likeness (QED) is 0.754. The summed E-state index contributed by atoms with van der Waals surface area (Å²) in [6.45, 7) is 3.22. The monoisotopic (exact) mass is 229 g/mol. The van der Waals surface area contributed by atoms with Gasteiger partial charge >= 0.3 is 6.18 Å². The minimum atomic E-state index is -4.43. The number of methoxy groups -OCH3 is 1. The first-order valence-corrected chi connectivity index (χ1v) is 4.79. The van der Waals surface area contributed by atoms with Crippen LogP contribution in [0.15, 0.2) is 0 Å². The standard InChI is InChI=1S/C9H18F3NO2/c1-4-7(13)8(9(10,11)12)15-6(2)5-14-3/h6-8H,4-5,13H2,1-3H3. The highest BCUT2D eigenvalue weighted by molar-refractivity contribution is 4.80. The van der Waals surface area contributed by atoms with Crippen LogP contribution in [0.3, 0.4) is 0 Å². The third-order valence-corrected chi connectivity index (χ3v) is 1.96. The predicted molar refractivity (Wildman–Crippen MR) is 50.5 cm³/mol. The van der Waals surface area contributed by atoms with Crippen LogP contribution in [-0.2, 0) is 9.47 Å². The van der Waals surface area contributed by atoms with Crippen LogP contribution >= 0.6 is 0 Å². The molecular weight excluding hydrogens is 211 g/mol. The van der Waals surface area contributed by atoms with E-state index in [0.717, 1.165) is 0 Å². The Balaban J connectivity index is 4.38. The minimum Gasteiger partial charge on any atom is -0.382 e. The molecule has 0 bridgehead atoms. The summed E-state index contributed by atoms with van der Waals surface area (Å²) in [7, 11) is 1.40. The van der Waals surface area contributed by atoms with Gasteiger partial charge in [-0.05, 0) is 13.3 Å². The molecule has 0 aliphatic rings. The van der Waals surface area contributed by atoms with Crippen LogP contribution < -0.4 is 5.73 Å². The Kier molecular flexibility index (Phi) is 6.16. The van der Waals surface area contributed by atoms with E-state index in [2.05, 4.69) is 0 Å². The lowest BCUT2D eigenvalue weighted by atomic mass is 10.1. The molecule has 0 aromatic carbocycles. The van der Waals surface area contributed by atoms with Gasteiger partial charge in [0.1, 0.15) is 0 Å². The van der Waals surface area contributed by atoms with Crippen molar-refractivity contribution in [3.8, 4) is 0 Å². The van der Waals surface area contributed by atoms with Gasteiger partial charge in [0, 0.05) is 13.2 Å². The Morgan fingerprint density at radius 2 is 1.87 bits per heavy atom. The van der Waals surface area contributed by atoms with Crippen LogP contribution in [0.25, 0.3) is 0 Å². The summed E-state index contributed by atoms with van der Waals surface area (Å²) in [6, 6.07) is -1.04. The van der Waals surface area contributed by atoms with Crippen molar-refractivity contribution in [1.82, 2.24) is 0 Å². The molecule has 0 spiro atoms. The Morgan fingerprint density at radius 3 is 2.20 bits per heavy atom. The van der Waals surface area contributed by atoms with Gasteiger partial charge in [-0.15, -0.1) is 0 Å². The predicted octanol–water partition coefficient (Wildman–Crippen LogP) is 1.71. The third-order valence-electron chi connectivity index (χ3n) is 1.96. The van der Waals surface area contributed by atoms with E-state index in [0.29, 0.717) is 0 Å². The number of halogens is 3. The summed E-state index contributed by atoms with van der Waals surface area (Å²) < 4.78 is 47.1. The van der Waals surface area contributed by atoms with Gasteiger partial charge in [-0.3, -0.25) is 0 Å². The van der Waals surface area contributed by atoms with Crippen LogP contribution in [0.5, 0.6) is 0 Å². The smallest absolute Gasteiger partial charge is 0.382 e. The Labute approximate surface area is 87.7 Å². The van der Waals surface area contributed by atoms with E-state index in [1.807, 2.05) is 0 Å². The van der Waals surface area contributed by atoms with Crippen LogP contribution in [-0.4, -0.2) is 38.1 Å². The largest absolute Gasteiger partial charge is 0.416 e. The number of nitrogens with two attached hydrogens (primary N) is 1. The van der Waals surface area contributed by atoms with E-state index in [1.165, 1.54) is 14.0 Å². The fourth-order valence-corrected chi connectivity index (χ4v) is 1.16. The lowest BCUT2D eigenvalue weighted by Gasteiger charge is -2.28. The van der Waals surface area contributed by atoms with Crippen LogP contribution in [0.2, 0.25) is 0 Å². The minimum absolute atomic E-state index is 0.114. The van der Waals surface area contributed by atoms with Crippen molar-refractivity contribution in [1.29, 1.82) is 0 Å². The third kappa shape index (κ3) is 5.34. The highest BCUT2D eigenvalue weighted by Gasteiger charge is 2.44. The molecule has 0 rings (SSSR count). The van der Waals surface area contributed by atoms with Gasteiger partial charge in [0.2, 0.25) is 0 Å². The topological polar surface area (TPSA) is 44.5 Å². The molecule has 92 valence electrons. The van der Waals surface area contributed by atoms with Gasteiger partial charge in [-0.25, -0.2) is 0 Å². The van der Waals surface area contributed by atoms with Crippen molar-refractivity contribution in [3.63, 3.8) is 0 Å². The summed E-state index contributed by atoms with van der Waals surface area (Å²) in [4.78, 5) is 0. The first-order chi connectivity index (χ1) is 6.82. The second kappa shape index (κ2) is 6.30. The van der Waals surface area contributed by atoms with Gasteiger partial charge in [0.05, 0.1) is 12.7 Å². The van der Waals surface area contributed by atoms with E-state index in [4.69, 9.17) is 15.2 Å². The molecule has 0 saturated heterocycles. The average molecular weight is 229 g/mol. The molecule has 3 nitrogen and oxygen atoms in total. The Morgan fingerprint density at radius 1 is 1.33 bits per heavy atom. The van der Waals surface area contributed by atoms with Crippen molar-refractivity contribution >= 4 is 0 Å². The SMILES string of the molecule is CCC(N)C(OC(C)COC)C(F)(F)F. The zero-order chi connectivity index (χ0) is 12.1. The number of rotatable bonds is 6. The van der Waals surface area contributed by atoms with Gasteiger partial charge in [-0.1, -0.05) is 6.92 Å². The first kappa shape index (κ1) is 14.7. The summed E-state index contributed by atoms with van der Waals surface area (Å²) in [5.41, 5.74) is 5.36. The fourth-order valence-electron chi connectivity index (χ4n) is 1.16. The molecule has 3 unspecified atom stereocenters. The molecule has 2 N–H and O–H groups in total. The summed E-state index contributed by atoms with van der Waals surface area (Å²) in [6.07, 6.45) is -6.77. The molecule has 0 saturated carbocycles. The zero-order valence-corrected chi connectivity index (χ0v) is 9.17. The first-order valence-electron chi connectivity index (χ1n) is 4.79. The van der Waals surface area contributed by atoms with Crippen LogP contribution in [0.1, 0.15) is 20.3 Å². The maximum absolute atomic E-state index is 12.5. The van der Waals surface area contributed by atoms with E-state index in [9.17, 15) is 13.2 Å². The molecule has 0 fully saturated rings. The van der Waals surface area contributed by atoms with E-state index < -0.39 is 24.4 Å².